The number of benzene rings is 1. The molecule has 0 aliphatic heterocycles. The summed E-state index contributed by atoms with van der Waals surface area (Å²) in [7, 11) is -3.30. The van der Waals surface area contributed by atoms with E-state index in [0.29, 0.717) is 6.08 Å². The molecule has 0 unspecified atom stereocenters. The molecule has 2 aromatic rings. The number of rotatable bonds is 6. The van der Waals surface area contributed by atoms with Gasteiger partial charge in [-0.3, -0.25) is 9.52 Å². The number of methoxy groups -OCH3 is 1. The number of halogens is 5. The van der Waals surface area contributed by atoms with Crippen LogP contribution in [-0.2, 0) is 10.0 Å². The number of carbonyl (C=O) groups is 1. The third-order valence-electron chi connectivity index (χ3n) is 4.48. The standard InChI is InChI=1S/C20H15ClF4N2O4S/c1-31-16-7-3-6-14(22)17(16)19(28)18-15(9-12(21)10-26-18)27-32(29,30)13-5-2-4-11(8-13)20(23,24)25/h3-4,6-10,27H,2,5H2,1H3. The number of nitrogens with zero attached hydrogens (tertiary/aromatic N) is 1. The molecule has 1 N–H and O–H groups in total. The molecule has 1 aliphatic carbocycles. The topological polar surface area (TPSA) is 85.4 Å². The lowest BCUT2D eigenvalue weighted by molar-refractivity contribution is -0.0886. The molecule has 6 nitrogen and oxygen atoms in total. The number of ether oxygens (including phenoxy) is 1. The van der Waals surface area contributed by atoms with Gasteiger partial charge in [0.05, 0.1) is 28.3 Å². The monoisotopic (exact) mass is 490 g/mol. The van der Waals surface area contributed by atoms with E-state index in [-0.39, 0.29) is 23.6 Å². The molecule has 1 aliphatic rings. The molecule has 32 heavy (non-hydrogen) atoms. The fraction of sp³-hybridized carbons (Fsp3) is 0.200. The van der Waals surface area contributed by atoms with Gasteiger partial charge in [-0.15, -0.1) is 0 Å². The summed E-state index contributed by atoms with van der Waals surface area (Å²) in [5.74, 6) is -2.06. The van der Waals surface area contributed by atoms with Crippen LogP contribution in [0.1, 0.15) is 28.9 Å². The second-order valence-electron chi connectivity index (χ2n) is 6.61. The Hall–Kier alpha value is -2.92. The maximum atomic E-state index is 14.4. The SMILES string of the molecule is COc1cccc(F)c1C(=O)c1ncc(Cl)cc1NS(=O)(=O)C1=CC(C(F)(F)F)=CCC1. The quantitative estimate of drug-likeness (QED) is 0.454. The summed E-state index contributed by atoms with van der Waals surface area (Å²) in [6.07, 6.45) is -2.60. The number of nitrogens with one attached hydrogen (secondary N) is 1. The number of carbonyl (C=O) groups excluding carboxylic acids is 1. The molecule has 1 heterocycles. The molecule has 0 fully saturated rings. The van der Waals surface area contributed by atoms with Crippen LogP contribution in [0, 0.1) is 5.82 Å². The van der Waals surface area contributed by atoms with Crippen LogP contribution < -0.4 is 9.46 Å². The summed E-state index contributed by atoms with van der Waals surface area (Å²) in [5, 5.41) is -0.0618. The number of ketones is 1. The van der Waals surface area contributed by atoms with E-state index in [4.69, 9.17) is 16.3 Å². The van der Waals surface area contributed by atoms with Crippen LogP contribution in [0.4, 0.5) is 23.2 Å². The highest BCUT2D eigenvalue weighted by Gasteiger charge is 2.35. The van der Waals surface area contributed by atoms with E-state index in [1.165, 1.54) is 19.2 Å². The normalized spacial score (nSPS) is 14.4. The van der Waals surface area contributed by atoms with Gasteiger partial charge in [0, 0.05) is 6.20 Å². The van der Waals surface area contributed by atoms with Crippen molar-refractivity contribution in [1.82, 2.24) is 4.98 Å². The Morgan fingerprint density at radius 3 is 2.66 bits per heavy atom. The van der Waals surface area contributed by atoms with Gasteiger partial charge in [0.1, 0.15) is 22.8 Å². The Morgan fingerprint density at radius 1 is 1.28 bits per heavy atom. The summed E-state index contributed by atoms with van der Waals surface area (Å²) >= 11 is 5.88. The van der Waals surface area contributed by atoms with E-state index in [9.17, 15) is 30.8 Å². The maximum absolute atomic E-state index is 14.4. The minimum atomic E-state index is -4.72. The second-order valence-corrected chi connectivity index (χ2v) is 8.78. The molecule has 3 rings (SSSR count). The number of sulfonamides is 1. The summed E-state index contributed by atoms with van der Waals surface area (Å²) in [5.41, 5.74) is -2.52. The zero-order valence-electron chi connectivity index (χ0n) is 16.3. The number of hydrogen-bond donors (Lipinski definition) is 1. The molecule has 12 heteroatoms. The van der Waals surface area contributed by atoms with Crippen LogP contribution in [0.15, 0.2) is 53.1 Å². The predicted octanol–water partition coefficient (Wildman–Crippen LogP) is 5.02. The summed E-state index contributed by atoms with van der Waals surface area (Å²) < 4.78 is 86.0. The van der Waals surface area contributed by atoms with E-state index in [1.54, 1.807) is 0 Å². The number of hydrogen-bond acceptors (Lipinski definition) is 5. The second kappa shape index (κ2) is 8.91. The van der Waals surface area contributed by atoms with Gasteiger partial charge < -0.3 is 4.74 Å². The molecular weight excluding hydrogens is 476 g/mol. The Bertz CT molecular complexity index is 1240. The Balaban J connectivity index is 2.04. The van der Waals surface area contributed by atoms with Gasteiger partial charge in [0.2, 0.25) is 5.78 Å². The fourth-order valence-corrected chi connectivity index (χ4v) is 4.41. The molecule has 1 aromatic heterocycles. The average molecular weight is 491 g/mol. The summed E-state index contributed by atoms with van der Waals surface area (Å²) in [6.45, 7) is 0. The number of aromatic nitrogens is 1. The van der Waals surface area contributed by atoms with Crippen LogP contribution in [0.5, 0.6) is 5.75 Å². The van der Waals surface area contributed by atoms with Crippen molar-refractivity contribution < 1.29 is 35.5 Å². The van der Waals surface area contributed by atoms with Crippen LogP contribution in [-0.4, -0.2) is 32.5 Å². The van der Waals surface area contributed by atoms with Gasteiger partial charge in [-0.25, -0.2) is 17.8 Å². The van der Waals surface area contributed by atoms with Gasteiger partial charge in [-0.2, -0.15) is 13.2 Å². The van der Waals surface area contributed by atoms with Crippen LogP contribution in [0.2, 0.25) is 5.02 Å². The number of alkyl halides is 3. The lowest BCUT2D eigenvalue weighted by Crippen LogP contribution is -2.21. The molecule has 0 amide bonds. The molecule has 170 valence electrons. The lowest BCUT2D eigenvalue weighted by atomic mass is 10.0. The van der Waals surface area contributed by atoms with E-state index < -0.39 is 55.2 Å². The van der Waals surface area contributed by atoms with Crippen molar-refractivity contribution in [3.63, 3.8) is 0 Å². The lowest BCUT2D eigenvalue weighted by Gasteiger charge is -2.18. The van der Waals surface area contributed by atoms with Gasteiger partial charge >= 0.3 is 6.18 Å². The highest BCUT2D eigenvalue weighted by Crippen LogP contribution is 2.34. The van der Waals surface area contributed by atoms with Gasteiger partial charge in [-0.05, 0) is 37.1 Å². The molecule has 0 radical (unpaired) electrons. The van der Waals surface area contributed by atoms with E-state index in [1.807, 2.05) is 0 Å². The van der Waals surface area contributed by atoms with Crippen molar-refractivity contribution >= 4 is 33.1 Å². The minimum Gasteiger partial charge on any atom is -0.496 e. The average Bonchev–Trinajstić information content (AvgIpc) is 2.72. The Kier molecular flexibility index (Phi) is 6.61. The number of pyridine rings is 1. The van der Waals surface area contributed by atoms with Crippen molar-refractivity contribution in [2.45, 2.75) is 19.0 Å². The molecule has 0 bridgehead atoms. The highest BCUT2D eigenvalue weighted by atomic mass is 35.5. The summed E-state index contributed by atoms with van der Waals surface area (Å²) in [6, 6.07) is 4.70. The van der Waals surface area contributed by atoms with Crippen molar-refractivity contribution in [1.29, 1.82) is 0 Å². The van der Waals surface area contributed by atoms with Crippen molar-refractivity contribution in [2.75, 3.05) is 11.8 Å². The highest BCUT2D eigenvalue weighted by molar-refractivity contribution is 7.96. The van der Waals surface area contributed by atoms with Crippen LogP contribution >= 0.6 is 11.6 Å². The first-order chi connectivity index (χ1) is 14.9. The molecule has 0 spiro atoms. The molecule has 0 saturated heterocycles. The zero-order valence-corrected chi connectivity index (χ0v) is 17.9. The molecule has 0 atom stereocenters. The minimum absolute atomic E-state index is 0.0618. The predicted molar refractivity (Wildman–Crippen MR) is 110 cm³/mol. The smallest absolute Gasteiger partial charge is 0.416 e. The van der Waals surface area contributed by atoms with E-state index in [0.717, 1.165) is 24.4 Å². The maximum Gasteiger partial charge on any atom is 0.416 e. The Morgan fingerprint density at radius 2 is 2.00 bits per heavy atom. The summed E-state index contributed by atoms with van der Waals surface area (Å²) in [4.78, 5) is 16.3. The van der Waals surface area contributed by atoms with Crippen LogP contribution in [0.3, 0.4) is 0 Å². The van der Waals surface area contributed by atoms with Crippen LogP contribution in [0.25, 0.3) is 0 Å². The molecule has 0 saturated carbocycles. The van der Waals surface area contributed by atoms with Crippen molar-refractivity contribution in [3.8, 4) is 5.75 Å². The van der Waals surface area contributed by atoms with E-state index >= 15 is 0 Å². The number of anilines is 1. The first-order valence-corrected chi connectivity index (χ1v) is 10.8. The van der Waals surface area contributed by atoms with Gasteiger partial charge in [0.25, 0.3) is 10.0 Å². The third kappa shape index (κ3) is 4.94. The van der Waals surface area contributed by atoms with Gasteiger partial charge in [0.15, 0.2) is 0 Å². The van der Waals surface area contributed by atoms with Crippen molar-refractivity contribution in [3.05, 3.63) is 75.2 Å². The first kappa shape index (κ1) is 23.7. The Labute approximate surface area is 185 Å². The first-order valence-electron chi connectivity index (χ1n) is 8.97. The fourth-order valence-electron chi connectivity index (χ4n) is 3.01. The van der Waals surface area contributed by atoms with Crippen molar-refractivity contribution in [2.24, 2.45) is 0 Å². The zero-order chi connectivity index (χ0) is 23.7. The molecule has 1 aromatic carbocycles. The molecular formula is C20H15ClF4N2O4S. The third-order valence-corrected chi connectivity index (χ3v) is 6.19. The largest absolute Gasteiger partial charge is 0.496 e. The van der Waals surface area contributed by atoms with E-state index in [2.05, 4.69) is 9.71 Å². The van der Waals surface area contributed by atoms with Gasteiger partial charge in [-0.1, -0.05) is 23.7 Å². The number of allylic oxidation sites excluding steroid dienone is 4.